The molecule has 0 aliphatic carbocycles. The molecule has 0 radical (unpaired) electrons. The minimum atomic E-state index is -0.914. The Labute approximate surface area is 104 Å². The van der Waals surface area contributed by atoms with Crippen LogP contribution in [0.5, 0.6) is 5.75 Å². The van der Waals surface area contributed by atoms with Crippen molar-refractivity contribution in [3.63, 3.8) is 0 Å². The zero-order valence-electron chi connectivity index (χ0n) is 9.84. The predicted octanol–water partition coefficient (Wildman–Crippen LogP) is 1.33. The molecule has 2 rings (SSSR count). The summed E-state index contributed by atoms with van der Waals surface area (Å²) in [6.45, 7) is 2.47. The SMILES string of the molecule is O=C(O)N1CCN(Cc2cccc(F)c2O)CC1. The van der Waals surface area contributed by atoms with Crippen molar-refractivity contribution >= 4 is 6.09 Å². The van der Waals surface area contributed by atoms with Crippen LogP contribution < -0.4 is 0 Å². The maximum atomic E-state index is 13.1. The molecule has 0 saturated carbocycles. The minimum absolute atomic E-state index is 0.321. The number of phenols is 1. The summed E-state index contributed by atoms with van der Waals surface area (Å²) < 4.78 is 13.1. The second-order valence-corrected chi connectivity index (χ2v) is 4.29. The number of hydrogen-bond acceptors (Lipinski definition) is 3. The summed E-state index contributed by atoms with van der Waals surface area (Å²) >= 11 is 0. The average Bonchev–Trinajstić information content (AvgIpc) is 2.36. The Kier molecular flexibility index (Phi) is 3.66. The first kappa shape index (κ1) is 12.6. The van der Waals surface area contributed by atoms with E-state index in [-0.39, 0.29) is 5.75 Å². The molecule has 98 valence electrons. The first-order chi connectivity index (χ1) is 8.58. The van der Waals surface area contributed by atoms with Gasteiger partial charge in [-0.15, -0.1) is 0 Å². The summed E-state index contributed by atoms with van der Waals surface area (Å²) in [6, 6.07) is 4.43. The first-order valence-corrected chi connectivity index (χ1v) is 5.74. The van der Waals surface area contributed by atoms with Gasteiger partial charge in [0.2, 0.25) is 0 Å². The maximum Gasteiger partial charge on any atom is 0.407 e. The maximum absolute atomic E-state index is 13.1. The van der Waals surface area contributed by atoms with Crippen LogP contribution in [0.15, 0.2) is 18.2 Å². The summed E-state index contributed by atoms with van der Waals surface area (Å²) in [4.78, 5) is 14.1. The van der Waals surface area contributed by atoms with Crippen LogP contribution in [0.25, 0.3) is 0 Å². The summed E-state index contributed by atoms with van der Waals surface area (Å²) in [5, 5.41) is 18.4. The molecule has 6 heteroatoms. The normalized spacial score (nSPS) is 16.8. The van der Waals surface area contributed by atoms with Crippen LogP contribution >= 0.6 is 0 Å². The Morgan fingerprint density at radius 1 is 1.28 bits per heavy atom. The lowest BCUT2D eigenvalue weighted by atomic mass is 10.1. The molecule has 1 heterocycles. The fourth-order valence-electron chi connectivity index (χ4n) is 2.03. The highest BCUT2D eigenvalue weighted by atomic mass is 19.1. The van der Waals surface area contributed by atoms with E-state index in [1.165, 1.54) is 11.0 Å². The number of aromatic hydroxyl groups is 1. The van der Waals surface area contributed by atoms with Crippen molar-refractivity contribution in [2.24, 2.45) is 0 Å². The van der Waals surface area contributed by atoms with Crippen molar-refractivity contribution in [1.29, 1.82) is 0 Å². The van der Waals surface area contributed by atoms with Gasteiger partial charge in [-0.25, -0.2) is 9.18 Å². The second-order valence-electron chi connectivity index (χ2n) is 4.29. The molecule has 0 spiro atoms. The number of rotatable bonds is 2. The molecule has 1 amide bonds. The van der Waals surface area contributed by atoms with Crippen LogP contribution in [0.4, 0.5) is 9.18 Å². The van der Waals surface area contributed by atoms with E-state index in [0.717, 1.165) is 0 Å². The number of hydrogen-bond donors (Lipinski definition) is 2. The van der Waals surface area contributed by atoms with Gasteiger partial charge in [0.05, 0.1) is 0 Å². The number of carboxylic acid groups (broad SMARTS) is 1. The lowest BCUT2D eigenvalue weighted by molar-refractivity contribution is 0.102. The van der Waals surface area contributed by atoms with E-state index in [1.807, 2.05) is 4.90 Å². The molecule has 0 aromatic heterocycles. The largest absolute Gasteiger partial charge is 0.505 e. The Morgan fingerprint density at radius 3 is 2.56 bits per heavy atom. The van der Waals surface area contributed by atoms with Gasteiger partial charge in [0.15, 0.2) is 11.6 Å². The molecule has 1 saturated heterocycles. The van der Waals surface area contributed by atoms with Gasteiger partial charge >= 0.3 is 6.09 Å². The Bertz CT molecular complexity index is 445. The monoisotopic (exact) mass is 254 g/mol. The van der Waals surface area contributed by atoms with E-state index in [0.29, 0.717) is 38.3 Å². The highest BCUT2D eigenvalue weighted by Gasteiger charge is 2.21. The van der Waals surface area contributed by atoms with Gasteiger partial charge in [0.1, 0.15) is 0 Å². The van der Waals surface area contributed by atoms with Crippen molar-refractivity contribution in [3.8, 4) is 5.75 Å². The molecule has 1 fully saturated rings. The van der Waals surface area contributed by atoms with Gasteiger partial charge in [0, 0.05) is 38.3 Å². The molecule has 1 aliphatic heterocycles. The molecule has 5 nitrogen and oxygen atoms in total. The molecule has 0 unspecified atom stereocenters. The molecule has 0 atom stereocenters. The number of piperazine rings is 1. The molecule has 18 heavy (non-hydrogen) atoms. The van der Waals surface area contributed by atoms with E-state index in [9.17, 15) is 14.3 Å². The number of phenolic OH excluding ortho intramolecular Hbond substituents is 1. The molecule has 1 aliphatic rings. The third kappa shape index (κ3) is 2.70. The second kappa shape index (κ2) is 5.22. The lowest BCUT2D eigenvalue weighted by Crippen LogP contribution is -2.47. The summed E-state index contributed by atoms with van der Waals surface area (Å²) in [5.74, 6) is -0.949. The van der Waals surface area contributed by atoms with E-state index < -0.39 is 11.9 Å². The fraction of sp³-hybridized carbons (Fsp3) is 0.417. The number of carbonyl (C=O) groups is 1. The third-order valence-corrected chi connectivity index (χ3v) is 3.11. The van der Waals surface area contributed by atoms with Crippen LogP contribution in [0.2, 0.25) is 0 Å². The van der Waals surface area contributed by atoms with Crippen molar-refractivity contribution in [2.45, 2.75) is 6.54 Å². The van der Waals surface area contributed by atoms with E-state index in [1.54, 1.807) is 12.1 Å². The topological polar surface area (TPSA) is 64.0 Å². The van der Waals surface area contributed by atoms with Gasteiger partial charge in [0.25, 0.3) is 0 Å². The first-order valence-electron chi connectivity index (χ1n) is 5.74. The van der Waals surface area contributed by atoms with Crippen molar-refractivity contribution in [3.05, 3.63) is 29.6 Å². The Balaban J connectivity index is 1.96. The number of amides is 1. The average molecular weight is 254 g/mol. The predicted molar refractivity (Wildman–Crippen MR) is 62.9 cm³/mol. The molecule has 2 N–H and O–H groups in total. The standard InChI is InChI=1S/C12H15FN2O3/c13-10-3-1-2-9(11(10)16)8-14-4-6-15(7-5-14)12(17)18/h1-3,16H,4-8H2,(H,17,18). The van der Waals surface area contributed by atoms with Crippen molar-refractivity contribution < 1.29 is 19.4 Å². The van der Waals surface area contributed by atoms with Gasteiger partial charge < -0.3 is 15.1 Å². The number of nitrogens with zero attached hydrogens (tertiary/aromatic N) is 2. The van der Waals surface area contributed by atoms with Crippen molar-refractivity contribution in [2.75, 3.05) is 26.2 Å². The summed E-state index contributed by atoms with van der Waals surface area (Å²) in [6.07, 6.45) is -0.914. The van der Waals surface area contributed by atoms with Crippen LogP contribution in [0.3, 0.4) is 0 Å². The van der Waals surface area contributed by atoms with Gasteiger partial charge in [-0.2, -0.15) is 0 Å². The van der Waals surface area contributed by atoms with E-state index >= 15 is 0 Å². The molecular formula is C12H15FN2O3. The highest BCUT2D eigenvalue weighted by molar-refractivity contribution is 5.65. The summed E-state index contributed by atoms with van der Waals surface area (Å²) in [7, 11) is 0. The Morgan fingerprint density at radius 2 is 1.94 bits per heavy atom. The zero-order chi connectivity index (χ0) is 13.1. The van der Waals surface area contributed by atoms with Crippen LogP contribution in [-0.2, 0) is 6.54 Å². The van der Waals surface area contributed by atoms with Gasteiger partial charge in [-0.05, 0) is 6.07 Å². The van der Waals surface area contributed by atoms with Crippen LogP contribution in [-0.4, -0.2) is 52.3 Å². The molecule has 0 bridgehead atoms. The molecule has 1 aromatic rings. The highest BCUT2D eigenvalue weighted by Crippen LogP contribution is 2.22. The van der Waals surface area contributed by atoms with Crippen LogP contribution in [0, 0.1) is 5.82 Å². The smallest absolute Gasteiger partial charge is 0.407 e. The number of benzene rings is 1. The van der Waals surface area contributed by atoms with Crippen molar-refractivity contribution in [1.82, 2.24) is 9.80 Å². The third-order valence-electron chi connectivity index (χ3n) is 3.11. The summed E-state index contributed by atoms with van der Waals surface area (Å²) in [5.41, 5.74) is 0.527. The number of halogens is 1. The van der Waals surface area contributed by atoms with E-state index in [2.05, 4.69) is 0 Å². The fourth-order valence-corrected chi connectivity index (χ4v) is 2.03. The number of para-hydroxylation sites is 1. The zero-order valence-corrected chi connectivity index (χ0v) is 9.84. The molecule has 1 aromatic carbocycles. The van der Waals surface area contributed by atoms with Gasteiger partial charge in [-0.1, -0.05) is 12.1 Å². The minimum Gasteiger partial charge on any atom is -0.505 e. The molecular weight excluding hydrogens is 239 g/mol. The van der Waals surface area contributed by atoms with Crippen LogP contribution in [0.1, 0.15) is 5.56 Å². The quantitative estimate of drug-likeness (QED) is 0.835. The lowest BCUT2D eigenvalue weighted by Gasteiger charge is -2.33. The van der Waals surface area contributed by atoms with Gasteiger partial charge in [-0.3, -0.25) is 4.90 Å². The Hall–Kier alpha value is -1.82. The van der Waals surface area contributed by atoms with E-state index in [4.69, 9.17) is 5.11 Å².